The average molecular weight is 203 g/mol. The van der Waals surface area contributed by atoms with Crippen LogP contribution in [0.25, 0.3) is 0 Å². The molecule has 0 radical (unpaired) electrons. The van der Waals surface area contributed by atoms with E-state index in [9.17, 15) is 0 Å². The molecule has 0 heterocycles. The number of rotatable bonds is 4. The molecule has 0 aliphatic rings. The second kappa shape index (κ2) is 6.22. The fourth-order valence-corrected chi connectivity index (χ4v) is 1.49. The Morgan fingerprint density at radius 2 is 1.79 bits per heavy atom. The van der Waals surface area contributed by atoms with Gasteiger partial charge < -0.3 is 4.48 Å². The van der Waals surface area contributed by atoms with Crippen LogP contribution in [0.1, 0.15) is 5.56 Å². The van der Waals surface area contributed by atoms with E-state index in [1.165, 1.54) is 5.56 Å². The van der Waals surface area contributed by atoms with E-state index in [1.54, 1.807) is 0 Å². The minimum absolute atomic E-state index is 0. The molecule has 0 saturated heterocycles. The van der Waals surface area contributed by atoms with Crippen molar-refractivity contribution in [3.05, 3.63) is 48.6 Å². The normalized spacial score (nSPS) is 10.4. The fourth-order valence-electron chi connectivity index (χ4n) is 1.49. The molecule has 0 aromatic heterocycles. The summed E-state index contributed by atoms with van der Waals surface area (Å²) < 4.78 is 0.966. The number of likely N-dealkylation sites (N-methyl/N-ethyl adjacent to an activating group) is 1. The highest BCUT2D eigenvalue weighted by Gasteiger charge is 2.12. The zero-order valence-corrected chi connectivity index (χ0v) is 8.53. The smallest absolute Gasteiger partial charge is 0.316 e. The Labute approximate surface area is 103 Å². The lowest BCUT2D eigenvalue weighted by molar-refractivity contribution is -0.897. The van der Waals surface area contributed by atoms with Crippen molar-refractivity contribution in [1.82, 2.24) is 0 Å². The third kappa shape index (κ3) is 4.79. The maximum absolute atomic E-state index is 3.77. The largest absolute Gasteiger partial charge is 0.321 e. The second-order valence-corrected chi connectivity index (χ2v) is 4.05. The minimum Gasteiger partial charge on any atom is -0.321 e. The highest BCUT2D eigenvalue weighted by molar-refractivity contribution is 5.75. The number of hydrogen-bond acceptors (Lipinski definition) is 0. The van der Waals surface area contributed by atoms with E-state index >= 15 is 0 Å². The summed E-state index contributed by atoms with van der Waals surface area (Å²) >= 11 is 0. The molecule has 0 spiro atoms. The minimum atomic E-state index is 0. The summed E-state index contributed by atoms with van der Waals surface area (Å²) in [6.45, 7) is 5.84. The van der Waals surface area contributed by atoms with Crippen LogP contribution < -0.4 is 0 Å². The molecule has 0 aliphatic carbocycles. The van der Waals surface area contributed by atoms with Gasteiger partial charge in [0.2, 0.25) is 0 Å². The van der Waals surface area contributed by atoms with Gasteiger partial charge in [-0.15, -0.1) is 0 Å². The van der Waals surface area contributed by atoms with Crippen molar-refractivity contribution in [3.8, 4) is 0 Å². The molecule has 0 unspecified atom stereocenters. The van der Waals surface area contributed by atoms with Crippen LogP contribution in [0.5, 0.6) is 0 Å². The summed E-state index contributed by atoms with van der Waals surface area (Å²) in [5, 5.41) is 0. The van der Waals surface area contributed by atoms with Gasteiger partial charge >= 0.3 is 23.1 Å². The van der Waals surface area contributed by atoms with Gasteiger partial charge in [0.25, 0.3) is 0 Å². The molecule has 1 aromatic carbocycles. The molecule has 0 bridgehead atoms. The highest BCUT2D eigenvalue weighted by atomic mass is 24.3. The third-order valence-corrected chi connectivity index (χ3v) is 2.08. The van der Waals surface area contributed by atoms with Crippen LogP contribution >= 0.6 is 0 Å². The van der Waals surface area contributed by atoms with Gasteiger partial charge in [-0.1, -0.05) is 36.9 Å². The molecule has 1 aromatic rings. The van der Waals surface area contributed by atoms with Crippen LogP contribution in [0, 0.1) is 0 Å². The van der Waals surface area contributed by atoms with Gasteiger partial charge in [0.1, 0.15) is 6.54 Å². The first kappa shape index (κ1) is 13.7. The molecule has 0 atom stereocenters. The van der Waals surface area contributed by atoms with Crippen molar-refractivity contribution in [1.29, 1.82) is 0 Å². The molecule has 74 valence electrons. The average Bonchev–Trinajstić information content (AvgIpc) is 2.04. The Bertz CT molecular complexity index is 267. The summed E-state index contributed by atoms with van der Waals surface area (Å²) in [6, 6.07) is 10.6. The Hall–Kier alpha value is -0.314. The zero-order chi connectivity index (χ0) is 9.73. The van der Waals surface area contributed by atoms with Crippen molar-refractivity contribution in [2.75, 3.05) is 20.6 Å². The van der Waals surface area contributed by atoms with Gasteiger partial charge in [0.15, 0.2) is 0 Å². The van der Waals surface area contributed by atoms with Crippen molar-refractivity contribution < 1.29 is 4.48 Å². The lowest BCUT2D eigenvalue weighted by Gasteiger charge is -2.28. The Kier molecular flexibility index (Phi) is 6.08. The van der Waals surface area contributed by atoms with E-state index in [1.807, 2.05) is 6.08 Å². The number of benzene rings is 1. The Morgan fingerprint density at radius 1 is 1.21 bits per heavy atom. The van der Waals surface area contributed by atoms with Crippen molar-refractivity contribution in [2.45, 2.75) is 6.54 Å². The van der Waals surface area contributed by atoms with Gasteiger partial charge in [-0.05, 0) is 6.08 Å². The summed E-state index contributed by atoms with van der Waals surface area (Å²) in [5.74, 6) is 0. The monoisotopic (exact) mass is 202 g/mol. The molecule has 14 heavy (non-hydrogen) atoms. The van der Waals surface area contributed by atoms with Gasteiger partial charge in [0.05, 0.1) is 20.6 Å². The Balaban J connectivity index is 0.00000169. The van der Waals surface area contributed by atoms with Gasteiger partial charge in [-0.2, -0.15) is 0 Å². The van der Waals surface area contributed by atoms with Crippen LogP contribution in [0.2, 0.25) is 0 Å². The fraction of sp³-hybridized carbons (Fsp3) is 0.333. The standard InChI is InChI=1S/C12H18N.Mg.2H/c1-4-10-13(2,3)11-12-8-6-5-7-9-12;;;/h4-9H,1,10-11H2,2-3H3;;;/q+1;;;. The SMILES string of the molecule is C=CC[N+](C)(C)Cc1ccccc1.[MgH2]. The molecular formula is C12H20MgN+. The first-order chi connectivity index (χ1) is 6.14. The molecule has 1 nitrogen and oxygen atoms in total. The Morgan fingerprint density at radius 3 is 2.29 bits per heavy atom. The molecule has 1 rings (SSSR count). The third-order valence-electron chi connectivity index (χ3n) is 2.08. The van der Waals surface area contributed by atoms with E-state index < -0.39 is 0 Å². The van der Waals surface area contributed by atoms with Crippen molar-refractivity contribution in [3.63, 3.8) is 0 Å². The lowest BCUT2D eigenvalue weighted by atomic mass is 10.2. The van der Waals surface area contributed by atoms with E-state index in [-0.39, 0.29) is 23.1 Å². The van der Waals surface area contributed by atoms with Crippen LogP contribution in [-0.4, -0.2) is 48.2 Å². The molecule has 0 aliphatic heterocycles. The van der Waals surface area contributed by atoms with Crippen LogP contribution in [-0.2, 0) is 6.54 Å². The molecule has 0 amide bonds. The van der Waals surface area contributed by atoms with E-state index in [0.717, 1.165) is 17.6 Å². The number of hydrogen-bond donors (Lipinski definition) is 0. The predicted octanol–water partition coefficient (Wildman–Crippen LogP) is 1.53. The maximum atomic E-state index is 3.77. The number of quaternary nitrogens is 1. The van der Waals surface area contributed by atoms with Crippen LogP contribution in [0.4, 0.5) is 0 Å². The predicted molar refractivity (Wildman–Crippen MR) is 65.9 cm³/mol. The zero-order valence-electron chi connectivity index (χ0n) is 8.53. The maximum Gasteiger partial charge on any atom is 0.316 e. The first-order valence-electron chi connectivity index (χ1n) is 4.61. The summed E-state index contributed by atoms with van der Waals surface area (Å²) in [4.78, 5) is 0. The van der Waals surface area contributed by atoms with E-state index in [4.69, 9.17) is 0 Å². The van der Waals surface area contributed by atoms with Gasteiger partial charge in [0, 0.05) is 5.56 Å². The molecule has 0 saturated carbocycles. The number of nitrogens with zero attached hydrogens (tertiary/aromatic N) is 1. The molecule has 0 N–H and O–H groups in total. The lowest BCUT2D eigenvalue weighted by Crippen LogP contribution is -2.38. The topological polar surface area (TPSA) is 0 Å². The molecule has 2 heteroatoms. The van der Waals surface area contributed by atoms with Crippen LogP contribution in [0.15, 0.2) is 43.0 Å². The van der Waals surface area contributed by atoms with Gasteiger partial charge in [-0.3, -0.25) is 0 Å². The quantitative estimate of drug-likeness (QED) is 0.395. The van der Waals surface area contributed by atoms with Crippen molar-refractivity contribution in [2.24, 2.45) is 0 Å². The summed E-state index contributed by atoms with van der Waals surface area (Å²) in [7, 11) is 4.43. The van der Waals surface area contributed by atoms with E-state index in [2.05, 4.69) is 51.0 Å². The second-order valence-electron chi connectivity index (χ2n) is 4.05. The first-order valence-corrected chi connectivity index (χ1v) is 4.61. The van der Waals surface area contributed by atoms with Crippen molar-refractivity contribution >= 4 is 23.1 Å². The van der Waals surface area contributed by atoms with Gasteiger partial charge in [-0.25, -0.2) is 0 Å². The summed E-state index contributed by atoms with van der Waals surface area (Å²) in [6.07, 6.45) is 1.98. The highest BCUT2D eigenvalue weighted by Crippen LogP contribution is 2.08. The molecule has 0 fully saturated rings. The molecular weight excluding hydrogens is 182 g/mol. The van der Waals surface area contributed by atoms with E-state index in [0.29, 0.717) is 0 Å². The summed E-state index contributed by atoms with van der Waals surface area (Å²) in [5.41, 5.74) is 1.38. The van der Waals surface area contributed by atoms with Crippen LogP contribution in [0.3, 0.4) is 0 Å².